The molecule has 0 heterocycles. The van der Waals surface area contributed by atoms with E-state index >= 15 is 0 Å². The molecule has 0 fully saturated rings. The molecule has 0 amide bonds. The standard InChI is InChI=1S/C5H8N4O2.Na/c1-9(2-4(10)11)5(7)8-3-6;/h2H2,1H3,(H2,7,8)(H,10,11);/q;+1/p-1. The Labute approximate surface area is 92.0 Å². The van der Waals surface area contributed by atoms with Gasteiger partial charge in [-0.25, -0.2) is 0 Å². The van der Waals surface area contributed by atoms with E-state index in [2.05, 4.69) is 4.99 Å². The Kier molecular flexibility index (Phi) is 7.94. The molecule has 0 aromatic rings. The van der Waals surface area contributed by atoms with Crippen LogP contribution in [-0.2, 0) is 4.79 Å². The summed E-state index contributed by atoms with van der Waals surface area (Å²) in [6.45, 7) is -0.378. The van der Waals surface area contributed by atoms with Crippen LogP contribution < -0.4 is 40.4 Å². The summed E-state index contributed by atoms with van der Waals surface area (Å²) in [6.07, 6.45) is 1.43. The van der Waals surface area contributed by atoms with Gasteiger partial charge in [-0.3, -0.25) is 0 Å². The molecule has 6 nitrogen and oxygen atoms in total. The van der Waals surface area contributed by atoms with Crippen molar-refractivity contribution in [1.29, 1.82) is 5.26 Å². The van der Waals surface area contributed by atoms with Gasteiger partial charge < -0.3 is 20.5 Å². The fourth-order valence-corrected chi connectivity index (χ4v) is 0.411. The number of hydrogen-bond donors (Lipinski definition) is 1. The van der Waals surface area contributed by atoms with E-state index in [1.54, 1.807) is 0 Å². The van der Waals surface area contributed by atoms with Crippen LogP contribution in [0.1, 0.15) is 0 Å². The zero-order chi connectivity index (χ0) is 8.85. The summed E-state index contributed by atoms with van der Waals surface area (Å²) in [5.41, 5.74) is 5.14. The van der Waals surface area contributed by atoms with Gasteiger partial charge in [0.15, 0.2) is 0 Å². The van der Waals surface area contributed by atoms with Gasteiger partial charge in [-0.05, 0) is 0 Å². The molecule has 0 aromatic heterocycles. The molecule has 0 bridgehead atoms. The molecule has 0 unspecified atom stereocenters. The molecule has 0 aliphatic carbocycles. The molecule has 7 heteroatoms. The van der Waals surface area contributed by atoms with E-state index in [1.807, 2.05) is 0 Å². The molecule has 0 aliphatic heterocycles. The van der Waals surface area contributed by atoms with Crippen LogP contribution in [0.5, 0.6) is 0 Å². The van der Waals surface area contributed by atoms with Crippen molar-refractivity contribution >= 4 is 11.9 Å². The Bertz CT molecular complexity index is 222. The van der Waals surface area contributed by atoms with E-state index < -0.39 is 5.97 Å². The number of carbonyl (C=O) groups excluding carboxylic acids is 1. The Hall–Kier alpha value is -0.770. The van der Waals surface area contributed by atoms with Crippen LogP contribution in [-0.4, -0.2) is 30.4 Å². The van der Waals surface area contributed by atoms with E-state index in [4.69, 9.17) is 11.0 Å². The van der Waals surface area contributed by atoms with Crippen molar-refractivity contribution < 1.29 is 39.5 Å². The molecule has 12 heavy (non-hydrogen) atoms. The largest absolute Gasteiger partial charge is 1.00 e. The Morgan fingerprint density at radius 3 is 2.67 bits per heavy atom. The second kappa shape index (κ2) is 6.91. The first kappa shape index (κ1) is 13.8. The Balaban J connectivity index is 0. The molecular weight excluding hydrogens is 171 g/mol. The molecule has 0 atom stereocenters. The summed E-state index contributed by atoms with van der Waals surface area (Å²) in [7, 11) is 1.39. The SMILES string of the molecule is CN(CC(=O)[O-])C(N)=NC#N.[Na+]. The van der Waals surface area contributed by atoms with Gasteiger partial charge >= 0.3 is 29.6 Å². The van der Waals surface area contributed by atoms with E-state index in [-0.39, 0.29) is 42.1 Å². The van der Waals surface area contributed by atoms with Gasteiger partial charge in [0, 0.05) is 7.05 Å². The van der Waals surface area contributed by atoms with Gasteiger partial charge in [0.25, 0.3) is 0 Å². The smallest absolute Gasteiger partial charge is 0.548 e. The number of guanidine groups is 1. The second-order valence-electron chi connectivity index (χ2n) is 1.80. The maximum absolute atomic E-state index is 9.97. The molecule has 0 saturated carbocycles. The van der Waals surface area contributed by atoms with Gasteiger partial charge in [0.2, 0.25) is 12.2 Å². The van der Waals surface area contributed by atoms with Crippen molar-refractivity contribution in [3.8, 4) is 6.19 Å². The number of carbonyl (C=O) groups is 1. The fourth-order valence-electron chi connectivity index (χ4n) is 0.411. The van der Waals surface area contributed by atoms with Crippen LogP contribution in [0.4, 0.5) is 0 Å². The molecule has 2 N–H and O–H groups in total. The summed E-state index contributed by atoms with van der Waals surface area (Å²) in [6, 6.07) is 0. The van der Waals surface area contributed by atoms with E-state index in [0.29, 0.717) is 0 Å². The average Bonchev–Trinajstić information content (AvgIpc) is 1.86. The first-order valence-electron chi connectivity index (χ1n) is 2.71. The van der Waals surface area contributed by atoms with Crippen LogP contribution in [0, 0.1) is 11.5 Å². The zero-order valence-electron chi connectivity index (χ0n) is 6.94. The third-order valence-corrected chi connectivity index (χ3v) is 0.922. The summed E-state index contributed by atoms with van der Waals surface area (Å²) >= 11 is 0. The third kappa shape index (κ3) is 5.97. The van der Waals surface area contributed by atoms with Gasteiger partial charge in [0.1, 0.15) is 0 Å². The first-order valence-corrected chi connectivity index (χ1v) is 2.71. The number of nitriles is 1. The van der Waals surface area contributed by atoms with Gasteiger partial charge in [-0.1, -0.05) is 0 Å². The number of hydrogen-bond acceptors (Lipinski definition) is 4. The van der Waals surface area contributed by atoms with Crippen LogP contribution in [0.15, 0.2) is 4.99 Å². The van der Waals surface area contributed by atoms with Crippen LogP contribution in [0.25, 0.3) is 0 Å². The Morgan fingerprint density at radius 2 is 2.33 bits per heavy atom. The monoisotopic (exact) mass is 178 g/mol. The molecule has 0 radical (unpaired) electrons. The minimum atomic E-state index is -1.27. The number of carboxylic acid groups (broad SMARTS) is 1. The minimum Gasteiger partial charge on any atom is -0.548 e. The number of rotatable bonds is 2. The van der Waals surface area contributed by atoms with Crippen molar-refractivity contribution in [3.63, 3.8) is 0 Å². The van der Waals surface area contributed by atoms with Crippen molar-refractivity contribution in [2.45, 2.75) is 0 Å². The maximum Gasteiger partial charge on any atom is 1.00 e. The molecule has 0 saturated heterocycles. The van der Waals surface area contributed by atoms with Gasteiger partial charge in [-0.15, -0.1) is 4.99 Å². The topological polar surface area (TPSA) is 106 Å². The average molecular weight is 178 g/mol. The molecule has 0 aromatic carbocycles. The number of carboxylic acids is 1. The summed E-state index contributed by atoms with van der Waals surface area (Å²) in [5, 5.41) is 18.0. The van der Waals surface area contributed by atoms with Crippen LogP contribution in [0.3, 0.4) is 0 Å². The number of nitrogens with zero attached hydrogens (tertiary/aromatic N) is 3. The minimum absolute atomic E-state index is 0. The molecule has 0 spiro atoms. The first-order chi connectivity index (χ1) is 5.07. The normalized spacial score (nSPS) is 9.50. The molecule has 0 rings (SSSR count). The van der Waals surface area contributed by atoms with Crippen molar-refractivity contribution in [1.82, 2.24) is 4.90 Å². The molecule has 0 aliphatic rings. The summed E-state index contributed by atoms with van der Waals surface area (Å²) in [5.74, 6) is -1.42. The maximum atomic E-state index is 9.97. The van der Waals surface area contributed by atoms with Crippen molar-refractivity contribution in [2.75, 3.05) is 13.6 Å². The van der Waals surface area contributed by atoms with Crippen molar-refractivity contribution in [3.05, 3.63) is 0 Å². The zero-order valence-corrected chi connectivity index (χ0v) is 8.94. The molecular formula is C5H7N4NaO2. The fraction of sp³-hybridized carbons (Fsp3) is 0.400. The number of nitrogens with two attached hydrogens (primary N) is 1. The summed E-state index contributed by atoms with van der Waals surface area (Å²) in [4.78, 5) is 14.2. The van der Waals surface area contributed by atoms with Crippen molar-refractivity contribution in [2.24, 2.45) is 10.7 Å². The third-order valence-electron chi connectivity index (χ3n) is 0.922. The number of likely N-dealkylation sites (N-methyl/N-ethyl adjacent to an activating group) is 1. The van der Waals surface area contributed by atoms with Crippen LogP contribution >= 0.6 is 0 Å². The van der Waals surface area contributed by atoms with Gasteiger partial charge in [0.05, 0.1) is 12.5 Å². The quantitative estimate of drug-likeness (QED) is 0.196. The Morgan fingerprint density at radius 1 is 1.83 bits per heavy atom. The van der Waals surface area contributed by atoms with E-state index in [0.717, 1.165) is 4.90 Å². The number of aliphatic carboxylic acids is 1. The predicted octanol–water partition coefficient (Wildman–Crippen LogP) is -5.53. The van der Waals surface area contributed by atoms with Crippen LogP contribution in [0.2, 0.25) is 0 Å². The number of aliphatic imine (C=N–C) groups is 1. The van der Waals surface area contributed by atoms with E-state index in [9.17, 15) is 9.90 Å². The molecule has 60 valence electrons. The van der Waals surface area contributed by atoms with E-state index in [1.165, 1.54) is 13.2 Å². The predicted molar refractivity (Wildman–Crippen MR) is 34.9 cm³/mol. The summed E-state index contributed by atoms with van der Waals surface area (Å²) < 4.78 is 0. The van der Waals surface area contributed by atoms with Gasteiger partial charge in [-0.2, -0.15) is 5.26 Å². The second-order valence-corrected chi connectivity index (χ2v) is 1.80.